The average Bonchev–Trinajstić information content (AvgIpc) is 3.01. The van der Waals surface area contributed by atoms with Crippen molar-refractivity contribution in [3.05, 3.63) is 125 Å². The van der Waals surface area contributed by atoms with Crippen LogP contribution in [0.1, 0.15) is 21.5 Å². The van der Waals surface area contributed by atoms with Gasteiger partial charge in [-0.25, -0.2) is 9.37 Å². The number of fused-ring (bicyclic) bond motifs is 1. The quantitative estimate of drug-likeness (QED) is 0.291. The van der Waals surface area contributed by atoms with Gasteiger partial charge in [-0.15, -0.1) is 0 Å². The first-order chi connectivity index (χ1) is 19.5. The van der Waals surface area contributed by atoms with Gasteiger partial charge >= 0.3 is 0 Å². The maximum atomic E-state index is 13.8. The van der Waals surface area contributed by atoms with Crippen LogP contribution in [0.5, 0.6) is 0 Å². The molecule has 0 saturated carbocycles. The maximum absolute atomic E-state index is 13.8. The molecule has 2 amide bonds. The molecule has 0 spiro atoms. The minimum Gasteiger partial charge on any atom is -0.353 e. The highest BCUT2D eigenvalue weighted by Gasteiger charge is 2.31. The predicted molar refractivity (Wildman–Crippen MR) is 157 cm³/mol. The van der Waals surface area contributed by atoms with Gasteiger partial charge in [0.05, 0.1) is 17.1 Å². The molecule has 0 unspecified atom stereocenters. The van der Waals surface area contributed by atoms with Crippen molar-refractivity contribution in [2.45, 2.75) is 11.4 Å². The second kappa shape index (κ2) is 11.4. The molecule has 3 aromatic carbocycles. The largest absolute Gasteiger partial charge is 0.353 e. The SMILES string of the molecule is O=C(c1ccc2c(c1)N(Cc1ccc(F)cc1)C(=O)/C(=C/c1ccccc1)S2)N1CCN(c2ccccn2)CC1. The Hall–Kier alpha value is -4.43. The molecule has 0 N–H and O–H groups in total. The van der Waals surface area contributed by atoms with Crippen molar-refractivity contribution < 1.29 is 14.0 Å². The maximum Gasteiger partial charge on any atom is 0.265 e. The summed E-state index contributed by atoms with van der Waals surface area (Å²) in [7, 11) is 0. The van der Waals surface area contributed by atoms with Gasteiger partial charge in [-0.2, -0.15) is 0 Å². The Morgan fingerprint density at radius 2 is 1.65 bits per heavy atom. The number of benzene rings is 3. The lowest BCUT2D eigenvalue weighted by Crippen LogP contribution is -2.49. The van der Waals surface area contributed by atoms with Crippen LogP contribution in [0.2, 0.25) is 0 Å². The summed E-state index contributed by atoms with van der Waals surface area (Å²) in [4.78, 5) is 38.9. The Morgan fingerprint density at radius 3 is 2.38 bits per heavy atom. The monoisotopic (exact) mass is 550 g/mol. The Kier molecular flexibility index (Phi) is 7.33. The molecule has 6 nitrogen and oxygen atoms in total. The number of hydrogen-bond acceptors (Lipinski definition) is 5. The molecule has 40 heavy (non-hydrogen) atoms. The molecule has 0 atom stereocenters. The first-order valence-electron chi connectivity index (χ1n) is 13.2. The van der Waals surface area contributed by atoms with E-state index in [1.54, 1.807) is 23.2 Å². The highest BCUT2D eigenvalue weighted by molar-refractivity contribution is 8.04. The summed E-state index contributed by atoms with van der Waals surface area (Å²) < 4.78 is 13.6. The van der Waals surface area contributed by atoms with Gasteiger partial charge in [0.25, 0.3) is 11.8 Å². The van der Waals surface area contributed by atoms with Gasteiger partial charge in [-0.3, -0.25) is 9.59 Å². The molecule has 0 bridgehead atoms. The van der Waals surface area contributed by atoms with Crippen LogP contribution in [0, 0.1) is 5.82 Å². The number of rotatable bonds is 5. The van der Waals surface area contributed by atoms with Gasteiger partial charge in [0.15, 0.2) is 0 Å². The van der Waals surface area contributed by atoms with Crippen molar-refractivity contribution in [1.82, 2.24) is 9.88 Å². The summed E-state index contributed by atoms with van der Waals surface area (Å²) in [5.74, 6) is 0.368. The molecule has 200 valence electrons. The van der Waals surface area contributed by atoms with Crippen molar-refractivity contribution in [3.8, 4) is 0 Å². The number of carbonyl (C=O) groups is 2. The van der Waals surface area contributed by atoms with E-state index in [1.165, 1.54) is 23.9 Å². The van der Waals surface area contributed by atoms with Crippen LogP contribution in [0.15, 0.2) is 107 Å². The first kappa shape index (κ1) is 25.8. The topological polar surface area (TPSA) is 56.8 Å². The fourth-order valence-electron chi connectivity index (χ4n) is 4.94. The second-order valence-electron chi connectivity index (χ2n) is 9.69. The van der Waals surface area contributed by atoms with Gasteiger partial charge in [0.2, 0.25) is 0 Å². The molecule has 4 aromatic rings. The lowest BCUT2D eigenvalue weighted by atomic mass is 10.1. The number of anilines is 2. The Labute approximate surface area is 236 Å². The Balaban J connectivity index is 1.27. The van der Waals surface area contributed by atoms with E-state index in [0.29, 0.717) is 42.3 Å². The zero-order valence-electron chi connectivity index (χ0n) is 21.7. The fraction of sp³-hybridized carbons (Fsp3) is 0.156. The van der Waals surface area contributed by atoms with Crippen LogP contribution < -0.4 is 9.80 Å². The van der Waals surface area contributed by atoms with Crippen LogP contribution >= 0.6 is 11.8 Å². The number of carbonyl (C=O) groups excluding carboxylic acids is 2. The van der Waals surface area contributed by atoms with E-state index in [4.69, 9.17) is 0 Å². The van der Waals surface area contributed by atoms with Crippen molar-refractivity contribution in [3.63, 3.8) is 0 Å². The second-order valence-corrected chi connectivity index (χ2v) is 10.8. The lowest BCUT2D eigenvalue weighted by molar-refractivity contribution is -0.114. The van der Waals surface area contributed by atoms with Gasteiger partial charge in [0.1, 0.15) is 11.6 Å². The zero-order valence-corrected chi connectivity index (χ0v) is 22.6. The molecule has 1 fully saturated rings. The molecule has 0 aliphatic carbocycles. The van der Waals surface area contributed by atoms with E-state index in [1.807, 2.05) is 77.7 Å². The minimum atomic E-state index is -0.328. The van der Waals surface area contributed by atoms with E-state index in [-0.39, 0.29) is 24.2 Å². The number of halogens is 1. The third kappa shape index (κ3) is 5.49. The van der Waals surface area contributed by atoms with Crippen molar-refractivity contribution >= 4 is 41.2 Å². The standard InChI is InChI=1S/C32H27FN4O2S/c33-26-12-9-24(10-13-26)22-37-27-21-25(31(38)36-18-16-35(17-19-36)30-8-4-5-15-34-30)11-14-28(27)40-29(32(37)39)20-23-6-2-1-3-7-23/h1-15,20-21H,16-19,22H2/b29-20-. The molecule has 8 heteroatoms. The van der Waals surface area contributed by atoms with Crippen LogP contribution in [0.3, 0.4) is 0 Å². The number of thioether (sulfide) groups is 1. The summed E-state index contributed by atoms with van der Waals surface area (Å²) in [6, 6.07) is 27.3. The highest BCUT2D eigenvalue weighted by atomic mass is 32.2. The highest BCUT2D eigenvalue weighted by Crippen LogP contribution is 2.43. The van der Waals surface area contributed by atoms with Gasteiger partial charge < -0.3 is 14.7 Å². The summed E-state index contributed by atoms with van der Waals surface area (Å²) >= 11 is 1.40. The molecule has 1 saturated heterocycles. The van der Waals surface area contributed by atoms with E-state index >= 15 is 0 Å². The molecule has 6 rings (SSSR count). The van der Waals surface area contributed by atoms with E-state index < -0.39 is 0 Å². The van der Waals surface area contributed by atoms with Crippen LogP contribution in [-0.2, 0) is 11.3 Å². The summed E-state index contributed by atoms with van der Waals surface area (Å²) in [6.45, 7) is 2.84. The van der Waals surface area contributed by atoms with E-state index in [9.17, 15) is 14.0 Å². The molecule has 3 heterocycles. The van der Waals surface area contributed by atoms with Crippen LogP contribution in [0.4, 0.5) is 15.9 Å². The number of amides is 2. The summed E-state index contributed by atoms with van der Waals surface area (Å²) in [6.07, 6.45) is 3.66. The summed E-state index contributed by atoms with van der Waals surface area (Å²) in [5, 5.41) is 0. The molecule has 0 radical (unpaired) electrons. The number of nitrogens with zero attached hydrogens (tertiary/aromatic N) is 4. The molecule has 1 aromatic heterocycles. The van der Waals surface area contributed by atoms with Crippen molar-refractivity contribution in [1.29, 1.82) is 0 Å². The number of pyridine rings is 1. The van der Waals surface area contributed by atoms with Crippen molar-refractivity contribution in [2.24, 2.45) is 0 Å². The number of aromatic nitrogens is 1. The molecule has 2 aliphatic rings. The third-order valence-electron chi connectivity index (χ3n) is 7.06. The van der Waals surface area contributed by atoms with E-state index in [0.717, 1.165) is 21.8 Å². The summed E-state index contributed by atoms with van der Waals surface area (Å²) in [5.41, 5.74) is 2.95. The lowest BCUT2D eigenvalue weighted by Gasteiger charge is -2.36. The number of piperazine rings is 1. The van der Waals surface area contributed by atoms with E-state index in [2.05, 4.69) is 9.88 Å². The van der Waals surface area contributed by atoms with Gasteiger partial charge in [0, 0.05) is 42.8 Å². The third-order valence-corrected chi connectivity index (χ3v) is 8.14. The Morgan fingerprint density at radius 1 is 0.900 bits per heavy atom. The number of hydrogen-bond donors (Lipinski definition) is 0. The van der Waals surface area contributed by atoms with Gasteiger partial charge in [-0.05, 0) is 59.7 Å². The van der Waals surface area contributed by atoms with Crippen molar-refractivity contribution in [2.75, 3.05) is 36.0 Å². The minimum absolute atomic E-state index is 0.0618. The molecule has 2 aliphatic heterocycles. The first-order valence-corrected chi connectivity index (χ1v) is 14.0. The van der Waals surface area contributed by atoms with Crippen LogP contribution in [0.25, 0.3) is 6.08 Å². The fourth-order valence-corrected chi connectivity index (χ4v) is 5.97. The molecular formula is C32H27FN4O2S. The molecular weight excluding hydrogens is 523 g/mol. The van der Waals surface area contributed by atoms with Gasteiger partial charge in [-0.1, -0.05) is 60.3 Å². The normalized spacial score (nSPS) is 16.3. The zero-order chi connectivity index (χ0) is 27.5. The average molecular weight is 551 g/mol. The predicted octanol–water partition coefficient (Wildman–Crippen LogP) is 5.86. The van der Waals surface area contributed by atoms with Crippen LogP contribution in [-0.4, -0.2) is 47.9 Å². The Bertz CT molecular complexity index is 1550. The smallest absolute Gasteiger partial charge is 0.265 e.